The van der Waals surface area contributed by atoms with Crippen LogP contribution in [-0.4, -0.2) is 30.5 Å². The SMILES string of the molecule is CCNc1ccc(C)cc1C(=O)NCC1CCSCC1. The number of nitrogens with one attached hydrogen (secondary N) is 2. The van der Waals surface area contributed by atoms with Crippen LogP contribution in [0.25, 0.3) is 0 Å². The van der Waals surface area contributed by atoms with Crippen LogP contribution in [0.4, 0.5) is 5.69 Å². The number of rotatable bonds is 5. The standard InChI is InChI=1S/C16H24N2OS/c1-3-17-15-5-4-12(2)10-14(15)16(19)18-11-13-6-8-20-9-7-13/h4-5,10,13,17H,3,6-9,11H2,1-2H3,(H,18,19). The van der Waals surface area contributed by atoms with E-state index in [0.29, 0.717) is 5.92 Å². The second-order valence-electron chi connectivity index (χ2n) is 5.35. The summed E-state index contributed by atoms with van der Waals surface area (Å²) in [7, 11) is 0. The molecule has 0 unspecified atom stereocenters. The second kappa shape index (κ2) is 7.58. The van der Waals surface area contributed by atoms with Crippen LogP contribution in [0.2, 0.25) is 0 Å². The number of carbonyl (C=O) groups excluding carboxylic acids is 1. The van der Waals surface area contributed by atoms with Crippen LogP contribution in [0.3, 0.4) is 0 Å². The predicted octanol–water partition coefficient (Wildman–Crippen LogP) is 3.30. The lowest BCUT2D eigenvalue weighted by Crippen LogP contribution is -2.31. The van der Waals surface area contributed by atoms with Crippen LogP contribution in [0.15, 0.2) is 18.2 Å². The molecule has 0 saturated carbocycles. The van der Waals surface area contributed by atoms with Crippen LogP contribution in [0.5, 0.6) is 0 Å². The van der Waals surface area contributed by atoms with E-state index in [1.807, 2.05) is 43.8 Å². The molecule has 1 fully saturated rings. The Kier molecular flexibility index (Phi) is 5.77. The van der Waals surface area contributed by atoms with E-state index in [0.717, 1.165) is 29.9 Å². The Balaban J connectivity index is 1.98. The average molecular weight is 292 g/mol. The molecular formula is C16H24N2OS. The third-order valence-corrected chi connectivity index (χ3v) is 4.73. The van der Waals surface area contributed by atoms with Gasteiger partial charge in [0.05, 0.1) is 5.56 Å². The fourth-order valence-electron chi connectivity index (χ4n) is 2.47. The van der Waals surface area contributed by atoms with Gasteiger partial charge in [-0.3, -0.25) is 4.79 Å². The Morgan fingerprint density at radius 2 is 2.10 bits per heavy atom. The molecule has 2 rings (SSSR count). The number of carbonyl (C=O) groups is 1. The maximum Gasteiger partial charge on any atom is 0.253 e. The molecule has 1 aromatic rings. The van der Waals surface area contributed by atoms with E-state index in [-0.39, 0.29) is 5.91 Å². The minimum atomic E-state index is 0.0443. The monoisotopic (exact) mass is 292 g/mol. The lowest BCUT2D eigenvalue weighted by atomic mass is 10.0. The largest absolute Gasteiger partial charge is 0.385 e. The molecule has 110 valence electrons. The summed E-state index contributed by atoms with van der Waals surface area (Å²) in [6, 6.07) is 5.99. The zero-order valence-electron chi connectivity index (χ0n) is 12.4. The predicted molar refractivity (Wildman–Crippen MR) is 87.7 cm³/mol. The molecule has 3 nitrogen and oxygen atoms in total. The van der Waals surface area contributed by atoms with Crippen molar-refractivity contribution in [3.63, 3.8) is 0 Å². The van der Waals surface area contributed by atoms with Gasteiger partial charge in [-0.1, -0.05) is 11.6 Å². The molecule has 1 aliphatic heterocycles. The van der Waals surface area contributed by atoms with Crippen LogP contribution >= 0.6 is 11.8 Å². The van der Waals surface area contributed by atoms with Crippen LogP contribution in [-0.2, 0) is 0 Å². The molecule has 0 spiro atoms. The minimum Gasteiger partial charge on any atom is -0.385 e. The van der Waals surface area contributed by atoms with Gasteiger partial charge in [-0.25, -0.2) is 0 Å². The van der Waals surface area contributed by atoms with E-state index in [9.17, 15) is 4.79 Å². The summed E-state index contributed by atoms with van der Waals surface area (Å²) in [5.74, 6) is 3.15. The van der Waals surface area contributed by atoms with Crippen LogP contribution < -0.4 is 10.6 Å². The quantitative estimate of drug-likeness (QED) is 0.875. The Morgan fingerprint density at radius 3 is 2.80 bits per heavy atom. The maximum absolute atomic E-state index is 12.4. The van der Waals surface area contributed by atoms with Gasteiger partial charge in [0.25, 0.3) is 5.91 Å². The van der Waals surface area contributed by atoms with Crippen molar-refractivity contribution >= 4 is 23.4 Å². The van der Waals surface area contributed by atoms with Crippen molar-refractivity contribution in [2.75, 3.05) is 29.9 Å². The first-order chi connectivity index (χ1) is 9.70. The van der Waals surface area contributed by atoms with Gasteiger partial charge < -0.3 is 10.6 Å². The van der Waals surface area contributed by atoms with Gasteiger partial charge in [0.2, 0.25) is 0 Å². The molecule has 1 amide bonds. The molecule has 0 bridgehead atoms. The van der Waals surface area contributed by atoms with Gasteiger partial charge >= 0.3 is 0 Å². The Hall–Kier alpha value is -1.16. The highest BCUT2D eigenvalue weighted by Crippen LogP contribution is 2.22. The van der Waals surface area contributed by atoms with E-state index in [2.05, 4.69) is 10.6 Å². The Labute approximate surface area is 125 Å². The molecule has 2 N–H and O–H groups in total. The molecule has 20 heavy (non-hydrogen) atoms. The fraction of sp³-hybridized carbons (Fsp3) is 0.562. The number of anilines is 1. The number of thioether (sulfide) groups is 1. The van der Waals surface area contributed by atoms with E-state index in [1.54, 1.807) is 0 Å². The lowest BCUT2D eigenvalue weighted by molar-refractivity contribution is 0.0947. The molecule has 0 atom stereocenters. The van der Waals surface area contributed by atoms with E-state index < -0.39 is 0 Å². The van der Waals surface area contributed by atoms with Crippen molar-refractivity contribution in [2.24, 2.45) is 5.92 Å². The van der Waals surface area contributed by atoms with Crippen molar-refractivity contribution in [1.29, 1.82) is 0 Å². The third kappa shape index (κ3) is 4.17. The topological polar surface area (TPSA) is 41.1 Å². The van der Waals surface area contributed by atoms with Gasteiger partial charge in [0.1, 0.15) is 0 Å². The summed E-state index contributed by atoms with van der Waals surface area (Å²) in [6.45, 7) is 5.69. The van der Waals surface area contributed by atoms with E-state index in [4.69, 9.17) is 0 Å². The second-order valence-corrected chi connectivity index (χ2v) is 6.57. The molecule has 0 aliphatic carbocycles. The first kappa shape index (κ1) is 15.2. The summed E-state index contributed by atoms with van der Waals surface area (Å²) in [4.78, 5) is 12.4. The summed E-state index contributed by atoms with van der Waals surface area (Å²) in [5, 5.41) is 6.36. The normalized spacial score (nSPS) is 15.9. The number of benzene rings is 1. The summed E-state index contributed by atoms with van der Waals surface area (Å²) >= 11 is 2.02. The molecule has 0 radical (unpaired) electrons. The van der Waals surface area contributed by atoms with Crippen LogP contribution in [0.1, 0.15) is 35.7 Å². The molecule has 1 aromatic carbocycles. The van der Waals surface area contributed by atoms with Crippen LogP contribution in [0, 0.1) is 12.8 Å². The molecule has 1 heterocycles. The van der Waals surface area contributed by atoms with Crippen molar-refractivity contribution in [3.05, 3.63) is 29.3 Å². The van der Waals surface area contributed by atoms with Crippen molar-refractivity contribution in [1.82, 2.24) is 5.32 Å². The summed E-state index contributed by atoms with van der Waals surface area (Å²) in [5.41, 5.74) is 2.80. The van der Waals surface area contributed by atoms with E-state index in [1.165, 1.54) is 24.3 Å². The van der Waals surface area contributed by atoms with Crippen molar-refractivity contribution in [3.8, 4) is 0 Å². The average Bonchev–Trinajstić information content (AvgIpc) is 2.48. The highest BCUT2D eigenvalue weighted by Gasteiger charge is 2.16. The first-order valence-corrected chi connectivity index (χ1v) is 8.56. The first-order valence-electron chi connectivity index (χ1n) is 7.41. The number of hydrogen-bond acceptors (Lipinski definition) is 3. The summed E-state index contributed by atoms with van der Waals surface area (Å²) in [6.07, 6.45) is 2.44. The summed E-state index contributed by atoms with van der Waals surface area (Å²) < 4.78 is 0. The number of aryl methyl sites for hydroxylation is 1. The van der Waals surface area contributed by atoms with Gasteiger partial charge in [-0.05, 0) is 56.2 Å². The molecule has 1 aliphatic rings. The molecule has 4 heteroatoms. The molecular weight excluding hydrogens is 268 g/mol. The zero-order valence-corrected chi connectivity index (χ0v) is 13.2. The highest BCUT2D eigenvalue weighted by atomic mass is 32.2. The maximum atomic E-state index is 12.4. The van der Waals surface area contributed by atoms with Gasteiger partial charge in [0.15, 0.2) is 0 Å². The zero-order chi connectivity index (χ0) is 14.4. The number of amides is 1. The van der Waals surface area contributed by atoms with Crippen molar-refractivity contribution in [2.45, 2.75) is 26.7 Å². The molecule has 1 saturated heterocycles. The third-order valence-electron chi connectivity index (χ3n) is 3.68. The lowest BCUT2D eigenvalue weighted by Gasteiger charge is -2.22. The van der Waals surface area contributed by atoms with Gasteiger partial charge in [-0.15, -0.1) is 0 Å². The smallest absolute Gasteiger partial charge is 0.253 e. The highest BCUT2D eigenvalue weighted by molar-refractivity contribution is 7.99. The van der Waals surface area contributed by atoms with Crippen molar-refractivity contribution < 1.29 is 4.79 Å². The Morgan fingerprint density at radius 1 is 1.35 bits per heavy atom. The minimum absolute atomic E-state index is 0.0443. The fourth-order valence-corrected chi connectivity index (χ4v) is 3.68. The van der Waals surface area contributed by atoms with E-state index >= 15 is 0 Å². The van der Waals surface area contributed by atoms with Gasteiger partial charge in [-0.2, -0.15) is 11.8 Å². The Bertz CT molecular complexity index is 456. The van der Waals surface area contributed by atoms with Gasteiger partial charge in [0, 0.05) is 18.8 Å². The molecule has 0 aromatic heterocycles. The number of hydrogen-bond donors (Lipinski definition) is 2.